The van der Waals surface area contributed by atoms with Crippen LogP contribution in [0.5, 0.6) is 0 Å². The zero-order valence-electron chi connectivity index (χ0n) is 12.1. The number of halogens is 1. The molecule has 4 rings (SSSR count). The lowest BCUT2D eigenvalue weighted by Gasteiger charge is -2.35. The summed E-state index contributed by atoms with van der Waals surface area (Å²) < 4.78 is 0. The van der Waals surface area contributed by atoms with Crippen molar-refractivity contribution in [2.24, 2.45) is 0 Å². The highest BCUT2D eigenvalue weighted by atomic mass is 35.5. The van der Waals surface area contributed by atoms with E-state index in [0.717, 1.165) is 23.8 Å². The number of aromatic nitrogens is 2. The maximum Gasteiger partial charge on any atom is 0.125 e. The molecule has 3 nitrogen and oxygen atoms in total. The lowest BCUT2D eigenvalue weighted by Crippen LogP contribution is -2.37. The van der Waals surface area contributed by atoms with Crippen LogP contribution < -0.4 is 0 Å². The molecule has 0 aliphatic carbocycles. The average molecular weight is 300 g/mol. The molecule has 1 fully saturated rings. The zero-order valence-corrected chi connectivity index (χ0v) is 12.8. The van der Waals surface area contributed by atoms with Crippen LogP contribution in [0.25, 0.3) is 0 Å². The molecule has 0 amide bonds. The van der Waals surface area contributed by atoms with Crippen LogP contribution in [0.1, 0.15) is 41.5 Å². The van der Waals surface area contributed by atoms with Crippen molar-refractivity contribution in [1.82, 2.24) is 14.9 Å². The van der Waals surface area contributed by atoms with Crippen LogP contribution in [0.2, 0.25) is 5.02 Å². The van der Waals surface area contributed by atoms with E-state index >= 15 is 0 Å². The Morgan fingerprint density at radius 3 is 3.00 bits per heavy atom. The van der Waals surface area contributed by atoms with E-state index in [0.29, 0.717) is 12.1 Å². The topological polar surface area (TPSA) is 29.0 Å². The Bertz CT molecular complexity index is 685. The maximum atomic E-state index is 6.33. The number of nitrogens with zero attached hydrogens (tertiary/aromatic N) is 3. The summed E-state index contributed by atoms with van der Waals surface area (Å²) in [5.41, 5.74) is 3.79. The average Bonchev–Trinajstić information content (AvgIpc) is 2.75. The summed E-state index contributed by atoms with van der Waals surface area (Å²) >= 11 is 6.33. The van der Waals surface area contributed by atoms with Gasteiger partial charge < -0.3 is 0 Å². The third-order valence-electron chi connectivity index (χ3n) is 4.76. The van der Waals surface area contributed by atoms with Crippen molar-refractivity contribution in [2.75, 3.05) is 0 Å². The van der Waals surface area contributed by atoms with Crippen LogP contribution >= 0.6 is 11.6 Å². The molecular weight excluding hydrogens is 282 g/mol. The van der Waals surface area contributed by atoms with Crippen molar-refractivity contribution in [2.45, 2.75) is 44.8 Å². The van der Waals surface area contributed by atoms with E-state index in [2.05, 4.69) is 27.0 Å². The SMILES string of the molecule is Cc1ncc2c(n1)C[C@@H]1CC[C@@H]2N1Cc1ccccc1Cl. The van der Waals surface area contributed by atoms with Crippen LogP contribution in [0.15, 0.2) is 30.5 Å². The molecule has 2 atom stereocenters. The van der Waals surface area contributed by atoms with Crippen LogP contribution in [-0.4, -0.2) is 20.9 Å². The van der Waals surface area contributed by atoms with E-state index in [1.54, 1.807) is 0 Å². The van der Waals surface area contributed by atoms with Crippen molar-refractivity contribution in [3.63, 3.8) is 0 Å². The second kappa shape index (κ2) is 5.08. The smallest absolute Gasteiger partial charge is 0.125 e. The first-order chi connectivity index (χ1) is 10.2. The maximum absolute atomic E-state index is 6.33. The van der Waals surface area contributed by atoms with E-state index in [4.69, 9.17) is 11.6 Å². The molecule has 2 aliphatic rings. The quantitative estimate of drug-likeness (QED) is 0.846. The Morgan fingerprint density at radius 2 is 2.14 bits per heavy atom. The molecule has 21 heavy (non-hydrogen) atoms. The standard InChI is InChI=1S/C17H18ClN3/c1-11-19-9-14-16(20-11)8-13-6-7-17(14)21(13)10-12-4-2-3-5-15(12)18/h2-5,9,13,17H,6-8,10H2,1H3/t13-,17-/m0/s1. The Morgan fingerprint density at radius 1 is 1.29 bits per heavy atom. The monoisotopic (exact) mass is 299 g/mol. The molecule has 1 aromatic heterocycles. The van der Waals surface area contributed by atoms with Gasteiger partial charge in [-0.15, -0.1) is 0 Å². The normalized spacial score (nSPS) is 24.1. The number of rotatable bonds is 2. The number of hydrogen-bond acceptors (Lipinski definition) is 3. The predicted octanol–water partition coefficient (Wildman–Crippen LogP) is 3.70. The first-order valence-electron chi connectivity index (χ1n) is 7.54. The molecule has 0 radical (unpaired) electrons. The van der Waals surface area contributed by atoms with Gasteiger partial charge in [-0.2, -0.15) is 0 Å². The molecule has 0 spiro atoms. The van der Waals surface area contributed by atoms with Crippen LogP contribution in [0, 0.1) is 6.92 Å². The summed E-state index contributed by atoms with van der Waals surface area (Å²) in [6.07, 6.45) is 5.52. The summed E-state index contributed by atoms with van der Waals surface area (Å²) in [5, 5.41) is 0.864. The van der Waals surface area contributed by atoms with Crippen molar-refractivity contribution < 1.29 is 0 Å². The Balaban J connectivity index is 1.67. The summed E-state index contributed by atoms with van der Waals surface area (Å²) in [6, 6.07) is 9.20. The molecule has 2 bridgehead atoms. The van der Waals surface area contributed by atoms with Gasteiger partial charge in [-0.3, -0.25) is 4.90 Å². The fraction of sp³-hybridized carbons (Fsp3) is 0.412. The first-order valence-corrected chi connectivity index (χ1v) is 7.92. The minimum Gasteiger partial charge on any atom is -0.289 e. The second-order valence-corrected chi connectivity index (χ2v) is 6.44. The van der Waals surface area contributed by atoms with Gasteiger partial charge in [0.2, 0.25) is 0 Å². The molecule has 1 saturated heterocycles. The Kier molecular flexibility index (Phi) is 3.20. The summed E-state index contributed by atoms with van der Waals surface area (Å²) in [5.74, 6) is 0.882. The second-order valence-electron chi connectivity index (χ2n) is 6.03. The van der Waals surface area contributed by atoms with Crippen LogP contribution in [-0.2, 0) is 13.0 Å². The van der Waals surface area contributed by atoms with Gasteiger partial charge >= 0.3 is 0 Å². The molecule has 2 aliphatic heterocycles. The summed E-state index contributed by atoms with van der Waals surface area (Å²) in [6.45, 7) is 2.89. The molecule has 3 heterocycles. The van der Waals surface area contributed by atoms with Crippen molar-refractivity contribution in [3.05, 3.63) is 58.1 Å². The minimum atomic E-state index is 0.454. The molecular formula is C17H18ClN3. The lowest BCUT2D eigenvalue weighted by molar-refractivity contribution is 0.166. The molecule has 2 aromatic rings. The van der Waals surface area contributed by atoms with Gasteiger partial charge in [0.1, 0.15) is 5.82 Å². The van der Waals surface area contributed by atoms with Gasteiger partial charge in [0.25, 0.3) is 0 Å². The van der Waals surface area contributed by atoms with Crippen LogP contribution in [0.3, 0.4) is 0 Å². The highest BCUT2D eigenvalue weighted by Crippen LogP contribution is 2.43. The predicted molar refractivity (Wildman–Crippen MR) is 83.2 cm³/mol. The third-order valence-corrected chi connectivity index (χ3v) is 5.13. The highest BCUT2D eigenvalue weighted by molar-refractivity contribution is 6.31. The third kappa shape index (κ3) is 2.25. The molecule has 1 aromatic carbocycles. The van der Waals surface area contributed by atoms with Crippen molar-refractivity contribution in [3.8, 4) is 0 Å². The van der Waals surface area contributed by atoms with Gasteiger partial charge in [0.05, 0.1) is 5.69 Å². The molecule has 0 unspecified atom stereocenters. The number of benzene rings is 1. The van der Waals surface area contributed by atoms with Gasteiger partial charge in [-0.05, 0) is 31.4 Å². The zero-order chi connectivity index (χ0) is 14.4. The number of fused-ring (bicyclic) bond motifs is 4. The summed E-state index contributed by atoms with van der Waals surface area (Å²) in [4.78, 5) is 11.6. The fourth-order valence-corrected chi connectivity index (χ4v) is 3.94. The summed E-state index contributed by atoms with van der Waals surface area (Å²) in [7, 11) is 0. The molecule has 108 valence electrons. The van der Waals surface area contributed by atoms with Gasteiger partial charge in [0, 0.05) is 41.8 Å². The largest absolute Gasteiger partial charge is 0.289 e. The van der Waals surface area contributed by atoms with E-state index < -0.39 is 0 Å². The highest BCUT2D eigenvalue weighted by Gasteiger charge is 2.40. The van der Waals surface area contributed by atoms with Gasteiger partial charge in [-0.25, -0.2) is 9.97 Å². The first kappa shape index (κ1) is 13.2. The van der Waals surface area contributed by atoms with E-state index in [1.165, 1.54) is 29.7 Å². The van der Waals surface area contributed by atoms with Crippen LogP contribution in [0.4, 0.5) is 0 Å². The molecule has 4 heteroatoms. The number of hydrogen-bond donors (Lipinski definition) is 0. The van der Waals surface area contributed by atoms with Gasteiger partial charge in [0.15, 0.2) is 0 Å². The van der Waals surface area contributed by atoms with Gasteiger partial charge in [-0.1, -0.05) is 29.8 Å². The Labute approximate surface area is 130 Å². The minimum absolute atomic E-state index is 0.454. The molecule has 0 saturated carbocycles. The van der Waals surface area contributed by atoms with E-state index in [1.807, 2.05) is 25.3 Å². The molecule has 0 N–H and O–H groups in total. The van der Waals surface area contributed by atoms with E-state index in [9.17, 15) is 0 Å². The number of aryl methyl sites for hydroxylation is 1. The van der Waals surface area contributed by atoms with Crippen molar-refractivity contribution in [1.29, 1.82) is 0 Å². The van der Waals surface area contributed by atoms with Crippen molar-refractivity contribution >= 4 is 11.6 Å². The van der Waals surface area contributed by atoms with E-state index in [-0.39, 0.29) is 0 Å². The fourth-order valence-electron chi connectivity index (χ4n) is 3.74. The Hall–Kier alpha value is -1.45. The lowest BCUT2D eigenvalue weighted by atomic mass is 9.98.